The number of carbonyl (C=O) groups is 1. The Morgan fingerprint density at radius 1 is 1.35 bits per heavy atom. The molecule has 3 heterocycles. The van der Waals surface area contributed by atoms with Crippen molar-refractivity contribution in [3.05, 3.63) is 35.0 Å². The Hall–Kier alpha value is -1.51. The number of amides is 1. The molecule has 2 saturated heterocycles. The summed E-state index contributed by atoms with van der Waals surface area (Å²) in [6.07, 6.45) is 2.20. The van der Waals surface area contributed by atoms with Gasteiger partial charge in [-0.1, -0.05) is 6.07 Å². The maximum atomic E-state index is 14.0. The molecule has 2 fully saturated rings. The average Bonchev–Trinajstić information content (AvgIpc) is 3.31. The highest BCUT2D eigenvalue weighted by Crippen LogP contribution is 2.30. The van der Waals surface area contributed by atoms with E-state index in [1.807, 2.05) is 0 Å². The van der Waals surface area contributed by atoms with Gasteiger partial charge in [-0.25, -0.2) is 12.8 Å². The Balaban J connectivity index is 1.64. The second-order valence-corrected chi connectivity index (χ2v) is 10.2. The summed E-state index contributed by atoms with van der Waals surface area (Å²) in [5.74, 6) is -0.492. The highest BCUT2D eigenvalue weighted by molar-refractivity contribution is 7.91. The quantitative estimate of drug-likeness (QED) is 0.796. The van der Waals surface area contributed by atoms with Crippen LogP contribution in [0.5, 0.6) is 0 Å². The summed E-state index contributed by atoms with van der Waals surface area (Å²) in [5, 5.41) is 0.428. The molecule has 2 aliphatic heterocycles. The Kier molecular flexibility index (Phi) is 4.75. The van der Waals surface area contributed by atoms with Crippen LogP contribution in [-0.4, -0.2) is 56.0 Å². The van der Waals surface area contributed by atoms with Crippen molar-refractivity contribution in [1.29, 1.82) is 0 Å². The van der Waals surface area contributed by atoms with Gasteiger partial charge in [-0.05, 0) is 37.5 Å². The van der Waals surface area contributed by atoms with Crippen molar-refractivity contribution in [3.8, 4) is 0 Å². The van der Waals surface area contributed by atoms with E-state index in [4.69, 9.17) is 4.74 Å². The Morgan fingerprint density at radius 2 is 2.19 bits per heavy atom. The lowest BCUT2D eigenvalue weighted by molar-refractivity contribution is 0.0445. The van der Waals surface area contributed by atoms with Crippen molar-refractivity contribution in [3.63, 3.8) is 0 Å². The molecule has 4 rings (SSSR count). The van der Waals surface area contributed by atoms with Gasteiger partial charge < -0.3 is 9.64 Å². The molecule has 8 heteroatoms. The molecule has 2 atom stereocenters. The van der Waals surface area contributed by atoms with E-state index >= 15 is 0 Å². The Labute approximate surface area is 155 Å². The van der Waals surface area contributed by atoms with Gasteiger partial charge in [0, 0.05) is 29.3 Å². The molecule has 1 aromatic heterocycles. The third-order valence-electron chi connectivity index (χ3n) is 5.05. The van der Waals surface area contributed by atoms with Crippen LogP contribution in [0.1, 0.15) is 28.9 Å². The van der Waals surface area contributed by atoms with Crippen molar-refractivity contribution >= 4 is 37.2 Å². The van der Waals surface area contributed by atoms with Gasteiger partial charge >= 0.3 is 0 Å². The molecule has 0 N–H and O–H groups in total. The maximum absolute atomic E-state index is 14.0. The average molecular weight is 397 g/mol. The number of fused-ring (bicyclic) bond motifs is 1. The first-order chi connectivity index (χ1) is 12.4. The number of rotatable bonds is 4. The number of hydrogen-bond donors (Lipinski definition) is 0. The predicted molar refractivity (Wildman–Crippen MR) is 98.9 cm³/mol. The van der Waals surface area contributed by atoms with Crippen LogP contribution in [0.2, 0.25) is 0 Å². The predicted octanol–water partition coefficient (Wildman–Crippen LogP) is 2.85. The Morgan fingerprint density at radius 3 is 2.85 bits per heavy atom. The Bertz CT molecular complexity index is 934. The molecule has 140 valence electrons. The summed E-state index contributed by atoms with van der Waals surface area (Å²) >= 11 is 1.24. The standard InChI is InChI=1S/C18H20FNO4S2/c19-15-4-1-5-16-14(15)9-17(25-16)18(21)20(10-13-3-2-7-24-13)12-6-8-26(22,23)11-12/h1,4-5,9,12-13H,2-3,6-8,10-11H2/t12-,13+/m0/s1. The zero-order valence-corrected chi connectivity index (χ0v) is 15.8. The smallest absolute Gasteiger partial charge is 0.264 e. The SMILES string of the molecule is O=C(c1cc2c(F)cccc2s1)N(C[C@H]1CCCO1)[C@H]1CCS(=O)(=O)C1. The second kappa shape index (κ2) is 6.90. The summed E-state index contributed by atoms with van der Waals surface area (Å²) in [4.78, 5) is 15.3. The molecule has 0 saturated carbocycles. The monoisotopic (exact) mass is 397 g/mol. The number of hydrogen-bond acceptors (Lipinski definition) is 5. The van der Waals surface area contributed by atoms with Gasteiger partial charge in [0.2, 0.25) is 0 Å². The third-order valence-corrected chi connectivity index (χ3v) is 7.89. The molecule has 0 spiro atoms. The molecule has 5 nitrogen and oxygen atoms in total. The highest BCUT2D eigenvalue weighted by atomic mass is 32.2. The minimum Gasteiger partial charge on any atom is -0.376 e. The second-order valence-electron chi connectivity index (χ2n) is 6.91. The van der Waals surface area contributed by atoms with E-state index in [0.717, 1.165) is 12.8 Å². The molecule has 1 aromatic carbocycles. The summed E-state index contributed by atoms with van der Waals surface area (Å²) in [6.45, 7) is 1.06. The van der Waals surface area contributed by atoms with Crippen molar-refractivity contribution in [2.75, 3.05) is 24.7 Å². The van der Waals surface area contributed by atoms with E-state index in [2.05, 4.69) is 0 Å². The molecule has 2 aliphatic rings. The topological polar surface area (TPSA) is 63.7 Å². The van der Waals surface area contributed by atoms with Gasteiger partial charge in [-0.3, -0.25) is 4.79 Å². The lowest BCUT2D eigenvalue weighted by atomic mass is 10.1. The van der Waals surface area contributed by atoms with Crippen LogP contribution < -0.4 is 0 Å². The summed E-state index contributed by atoms with van der Waals surface area (Å²) in [6, 6.07) is 6.01. The van der Waals surface area contributed by atoms with Crippen LogP contribution in [0.15, 0.2) is 24.3 Å². The van der Waals surface area contributed by atoms with E-state index in [1.165, 1.54) is 17.4 Å². The zero-order chi connectivity index (χ0) is 18.3. The minimum absolute atomic E-state index is 0.00921. The summed E-state index contributed by atoms with van der Waals surface area (Å²) in [5.41, 5.74) is 0. The summed E-state index contributed by atoms with van der Waals surface area (Å²) < 4.78 is 44.2. The number of benzene rings is 1. The van der Waals surface area contributed by atoms with Crippen molar-refractivity contribution in [1.82, 2.24) is 4.90 Å². The normalized spacial score (nSPS) is 25.0. The van der Waals surface area contributed by atoms with E-state index in [0.29, 0.717) is 34.5 Å². The number of halogens is 1. The van der Waals surface area contributed by atoms with Crippen LogP contribution >= 0.6 is 11.3 Å². The third kappa shape index (κ3) is 3.50. The molecule has 1 amide bonds. The molecule has 0 unspecified atom stereocenters. The zero-order valence-electron chi connectivity index (χ0n) is 14.2. The number of nitrogens with zero attached hydrogens (tertiary/aromatic N) is 1. The number of ether oxygens (including phenoxy) is 1. The molecule has 0 aliphatic carbocycles. The van der Waals surface area contributed by atoms with Crippen molar-refractivity contribution in [2.45, 2.75) is 31.4 Å². The molecule has 2 aromatic rings. The van der Waals surface area contributed by atoms with E-state index in [1.54, 1.807) is 23.1 Å². The first-order valence-electron chi connectivity index (χ1n) is 8.74. The summed E-state index contributed by atoms with van der Waals surface area (Å²) in [7, 11) is -3.11. The first kappa shape index (κ1) is 17.9. The first-order valence-corrected chi connectivity index (χ1v) is 11.4. The molecule has 26 heavy (non-hydrogen) atoms. The van der Waals surface area contributed by atoms with E-state index in [-0.39, 0.29) is 35.4 Å². The van der Waals surface area contributed by atoms with Gasteiger partial charge in [0.15, 0.2) is 9.84 Å². The fourth-order valence-corrected chi connectivity index (χ4v) is 6.46. The largest absolute Gasteiger partial charge is 0.376 e. The van der Waals surface area contributed by atoms with Crippen LogP contribution in [0.4, 0.5) is 4.39 Å². The van der Waals surface area contributed by atoms with Gasteiger partial charge in [-0.2, -0.15) is 0 Å². The maximum Gasteiger partial charge on any atom is 0.264 e. The molecule has 0 bridgehead atoms. The minimum atomic E-state index is -3.11. The molecular weight excluding hydrogens is 377 g/mol. The van der Waals surface area contributed by atoms with Crippen LogP contribution in [0, 0.1) is 5.82 Å². The van der Waals surface area contributed by atoms with Crippen LogP contribution in [0.3, 0.4) is 0 Å². The fraction of sp³-hybridized carbons (Fsp3) is 0.500. The van der Waals surface area contributed by atoms with Crippen LogP contribution in [-0.2, 0) is 14.6 Å². The number of sulfone groups is 1. The van der Waals surface area contributed by atoms with Gasteiger partial charge in [-0.15, -0.1) is 11.3 Å². The van der Waals surface area contributed by atoms with Crippen molar-refractivity contribution in [2.24, 2.45) is 0 Å². The van der Waals surface area contributed by atoms with E-state index in [9.17, 15) is 17.6 Å². The van der Waals surface area contributed by atoms with E-state index < -0.39 is 9.84 Å². The van der Waals surface area contributed by atoms with Gasteiger partial charge in [0.1, 0.15) is 5.82 Å². The lowest BCUT2D eigenvalue weighted by Gasteiger charge is -2.30. The van der Waals surface area contributed by atoms with Gasteiger partial charge in [0.25, 0.3) is 5.91 Å². The number of thiophene rings is 1. The molecular formula is C18H20FNO4S2. The van der Waals surface area contributed by atoms with Gasteiger partial charge in [0.05, 0.1) is 22.5 Å². The highest BCUT2D eigenvalue weighted by Gasteiger charge is 2.37. The lowest BCUT2D eigenvalue weighted by Crippen LogP contribution is -2.45. The van der Waals surface area contributed by atoms with Crippen molar-refractivity contribution < 1.29 is 22.3 Å². The number of carbonyl (C=O) groups excluding carboxylic acids is 1. The fourth-order valence-electron chi connectivity index (χ4n) is 3.70. The van der Waals surface area contributed by atoms with Crippen LogP contribution in [0.25, 0.3) is 10.1 Å². The molecule has 0 radical (unpaired) electrons.